The van der Waals surface area contributed by atoms with Crippen LogP contribution >= 0.6 is 0 Å². The number of Topliss-reactive ketones (excluding diaryl/α,β-unsaturated/α-hetero) is 1. The van der Waals surface area contributed by atoms with E-state index in [0.29, 0.717) is 29.9 Å². The number of carbonyl (C=O) groups excluding carboxylic acids is 1. The van der Waals surface area contributed by atoms with Crippen LogP contribution in [0.15, 0.2) is 53.6 Å². The summed E-state index contributed by atoms with van der Waals surface area (Å²) in [7, 11) is -2.62. The lowest BCUT2D eigenvalue weighted by Crippen LogP contribution is -2.31. The molecule has 0 saturated carbocycles. The summed E-state index contributed by atoms with van der Waals surface area (Å²) in [6.07, 6.45) is 5.24. The maximum absolute atomic E-state index is 12.6. The molecule has 37 heavy (non-hydrogen) atoms. The van der Waals surface area contributed by atoms with E-state index in [4.69, 9.17) is 4.98 Å². The van der Waals surface area contributed by atoms with E-state index >= 15 is 0 Å². The third-order valence-electron chi connectivity index (χ3n) is 7.08. The van der Waals surface area contributed by atoms with Crippen molar-refractivity contribution in [3.05, 3.63) is 76.6 Å². The van der Waals surface area contributed by atoms with Gasteiger partial charge in [-0.15, -0.1) is 0 Å². The summed E-state index contributed by atoms with van der Waals surface area (Å²) < 4.78 is 22.1. The zero-order valence-corrected chi connectivity index (χ0v) is 22.9. The molecule has 0 amide bonds. The molecule has 2 aromatic carbocycles. The van der Waals surface area contributed by atoms with Gasteiger partial charge >= 0.3 is 0 Å². The molecular weight excluding hydrogens is 484 g/mol. The summed E-state index contributed by atoms with van der Waals surface area (Å²) in [4.78, 5) is 24.7. The molecule has 3 aromatic rings. The van der Waals surface area contributed by atoms with Crippen molar-refractivity contribution in [1.82, 2.24) is 14.9 Å². The minimum Gasteiger partial charge on any atom is -0.324 e. The molecule has 8 heteroatoms. The van der Waals surface area contributed by atoms with Crippen LogP contribution in [0.25, 0.3) is 0 Å². The number of fused-ring (bicyclic) bond motifs is 1. The Hall–Kier alpha value is -3.10. The Bertz CT molecular complexity index is 1310. The lowest BCUT2D eigenvalue weighted by Gasteiger charge is -2.28. The number of ketones is 1. The van der Waals surface area contributed by atoms with Gasteiger partial charge in [-0.3, -0.25) is 9.69 Å². The van der Waals surface area contributed by atoms with E-state index < -0.39 is 10.7 Å². The number of hydrogen-bond acceptors (Lipinski definition) is 7. The average Bonchev–Trinajstić information content (AvgIpc) is 3.28. The third kappa shape index (κ3) is 7.02. The first-order chi connectivity index (χ1) is 17.7. The zero-order chi connectivity index (χ0) is 26.5. The van der Waals surface area contributed by atoms with Crippen molar-refractivity contribution in [3.8, 4) is 0 Å². The highest BCUT2D eigenvalue weighted by atomic mass is 32.2. The van der Waals surface area contributed by atoms with E-state index in [1.54, 1.807) is 12.1 Å². The second kappa shape index (κ2) is 12.0. The molecule has 1 N–H and O–H groups in total. The molecule has 0 bridgehead atoms. The summed E-state index contributed by atoms with van der Waals surface area (Å²) in [5.41, 5.74) is 6.22. The number of nitrogens with zero attached hydrogens (tertiary/aromatic N) is 3. The largest absolute Gasteiger partial charge is 0.324 e. The van der Waals surface area contributed by atoms with E-state index in [9.17, 15) is 13.2 Å². The van der Waals surface area contributed by atoms with Crippen LogP contribution in [0.3, 0.4) is 0 Å². The number of thiol groups is 1. The Labute approximate surface area is 221 Å². The molecule has 4 rings (SSSR count). The number of hydrogen-bond donors (Lipinski definition) is 2. The number of aromatic nitrogens is 2. The number of carbonyl (C=O) groups is 1. The zero-order valence-electron chi connectivity index (χ0n) is 22.0. The van der Waals surface area contributed by atoms with E-state index in [1.165, 1.54) is 28.8 Å². The molecule has 0 aliphatic carbocycles. The summed E-state index contributed by atoms with van der Waals surface area (Å²) in [5.74, 6) is 1.07. The number of benzene rings is 2. The first-order valence-corrected chi connectivity index (χ1v) is 14.1. The van der Waals surface area contributed by atoms with Crippen LogP contribution in [0.2, 0.25) is 0 Å². The summed E-state index contributed by atoms with van der Waals surface area (Å²) >= 11 is 0. The molecule has 196 valence electrons. The highest BCUT2D eigenvalue weighted by Gasteiger charge is 2.28. The minimum atomic E-state index is -2.62. The molecule has 0 fully saturated rings. The van der Waals surface area contributed by atoms with Crippen LogP contribution in [0.1, 0.15) is 72.3 Å². The van der Waals surface area contributed by atoms with Crippen LogP contribution in [-0.2, 0) is 23.8 Å². The van der Waals surface area contributed by atoms with Crippen LogP contribution in [0.5, 0.6) is 0 Å². The Kier molecular flexibility index (Phi) is 8.71. The molecule has 2 heterocycles. The van der Waals surface area contributed by atoms with Gasteiger partial charge < -0.3 is 5.32 Å². The van der Waals surface area contributed by atoms with Gasteiger partial charge in [-0.25, -0.2) is 18.4 Å². The highest BCUT2D eigenvalue weighted by molar-refractivity contribution is 7.72. The number of anilines is 2. The SMILES string of the molecule is CCC(CC(C)CCC(=O)c1ccc([SH](=O)=O)cc1)N1Cc2cnc(Nc3cc(C)cc(C)c3)nc2C1. The van der Waals surface area contributed by atoms with Crippen molar-refractivity contribution in [2.75, 3.05) is 5.32 Å². The Balaban J connectivity index is 1.31. The predicted molar refractivity (Wildman–Crippen MR) is 147 cm³/mol. The fourth-order valence-corrected chi connectivity index (χ4v) is 5.51. The van der Waals surface area contributed by atoms with Crippen molar-refractivity contribution < 1.29 is 13.2 Å². The highest BCUT2D eigenvalue weighted by Crippen LogP contribution is 2.29. The topological polar surface area (TPSA) is 92.3 Å². The average molecular weight is 521 g/mol. The maximum Gasteiger partial charge on any atom is 0.227 e. The number of nitrogens with one attached hydrogen (secondary N) is 1. The lowest BCUT2D eigenvalue weighted by atomic mass is 9.93. The molecule has 2 atom stereocenters. The number of aryl methyl sites for hydroxylation is 2. The Morgan fingerprint density at radius 3 is 2.43 bits per heavy atom. The summed E-state index contributed by atoms with van der Waals surface area (Å²) in [5, 5.41) is 3.35. The van der Waals surface area contributed by atoms with E-state index in [1.807, 2.05) is 6.20 Å². The van der Waals surface area contributed by atoms with Gasteiger partial charge in [-0.2, -0.15) is 0 Å². The molecule has 1 aromatic heterocycles. The molecule has 0 saturated heterocycles. The molecule has 0 spiro atoms. The van der Waals surface area contributed by atoms with Gasteiger partial charge in [0.2, 0.25) is 5.95 Å². The van der Waals surface area contributed by atoms with Crippen LogP contribution in [-0.4, -0.2) is 35.1 Å². The Morgan fingerprint density at radius 1 is 1.08 bits per heavy atom. The maximum atomic E-state index is 12.6. The molecule has 0 radical (unpaired) electrons. The third-order valence-corrected chi connectivity index (χ3v) is 7.80. The molecule has 7 nitrogen and oxygen atoms in total. The second-order valence-electron chi connectivity index (χ2n) is 10.2. The van der Waals surface area contributed by atoms with E-state index in [-0.39, 0.29) is 10.7 Å². The predicted octanol–water partition coefficient (Wildman–Crippen LogP) is 5.59. The van der Waals surface area contributed by atoms with Crippen LogP contribution in [0, 0.1) is 19.8 Å². The first-order valence-electron chi connectivity index (χ1n) is 12.9. The van der Waals surface area contributed by atoms with Crippen LogP contribution in [0.4, 0.5) is 11.6 Å². The van der Waals surface area contributed by atoms with E-state index in [0.717, 1.165) is 43.7 Å². The van der Waals surface area contributed by atoms with Crippen molar-refractivity contribution in [2.45, 2.75) is 77.4 Å². The summed E-state index contributed by atoms with van der Waals surface area (Å²) in [6, 6.07) is 12.9. The van der Waals surface area contributed by atoms with Crippen LogP contribution < -0.4 is 5.32 Å². The Morgan fingerprint density at radius 2 is 1.78 bits per heavy atom. The standard InChI is InChI=1S/C29H36N4O3S/c1-5-25(15-19(2)6-11-28(34)22-7-9-26(10-8-22)37(35)36)33-17-23-16-30-29(32-27(23)18-33)31-24-13-20(3)12-21(4)14-24/h7-10,12-14,16,19,25,37H,5-6,11,15,17-18H2,1-4H3,(H,30,31,32). The molecule has 1 aliphatic heterocycles. The monoisotopic (exact) mass is 520 g/mol. The van der Waals surface area contributed by atoms with Crippen molar-refractivity contribution in [1.29, 1.82) is 0 Å². The fraction of sp³-hybridized carbons (Fsp3) is 0.414. The van der Waals surface area contributed by atoms with E-state index in [2.05, 4.69) is 61.1 Å². The minimum absolute atomic E-state index is 0.0558. The summed E-state index contributed by atoms with van der Waals surface area (Å²) in [6.45, 7) is 10.2. The van der Waals surface area contributed by atoms with Crippen molar-refractivity contribution >= 4 is 28.1 Å². The van der Waals surface area contributed by atoms with Gasteiger partial charge in [-0.05, 0) is 74.4 Å². The van der Waals surface area contributed by atoms with Gasteiger partial charge in [0.1, 0.15) is 0 Å². The number of rotatable bonds is 11. The first kappa shape index (κ1) is 26.9. The van der Waals surface area contributed by atoms with Crippen molar-refractivity contribution in [2.24, 2.45) is 5.92 Å². The molecule has 2 unspecified atom stereocenters. The fourth-order valence-electron chi connectivity index (χ4n) is 5.12. The molecular formula is C29H36N4O3S. The van der Waals surface area contributed by atoms with Gasteiger partial charge in [-0.1, -0.05) is 32.0 Å². The normalized spacial score (nSPS) is 14.9. The second-order valence-corrected chi connectivity index (χ2v) is 11.3. The quantitative estimate of drug-likeness (QED) is 0.251. The van der Waals surface area contributed by atoms with Gasteiger partial charge in [0.05, 0.1) is 10.6 Å². The smallest absolute Gasteiger partial charge is 0.227 e. The molecule has 1 aliphatic rings. The van der Waals surface area contributed by atoms with Gasteiger partial charge in [0.25, 0.3) is 0 Å². The van der Waals surface area contributed by atoms with Gasteiger partial charge in [0, 0.05) is 48.6 Å². The van der Waals surface area contributed by atoms with Crippen molar-refractivity contribution in [3.63, 3.8) is 0 Å². The lowest BCUT2D eigenvalue weighted by molar-refractivity contribution is 0.0968. The van der Waals surface area contributed by atoms with Gasteiger partial charge in [0.15, 0.2) is 16.5 Å².